The molecule has 0 aliphatic carbocycles. The number of nitrogen functional groups attached to an aromatic ring is 1. The van der Waals surface area contributed by atoms with E-state index >= 15 is 0 Å². The number of rotatable bonds is 3. The van der Waals surface area contributed by atoms with Crippen molar-refractivity contribution < 1.29 is 8.81 Å². The maximum atomic E-state index is 13.6. The molecule has 0 amide bonds. The monoisotopic (exact) mass is 374 g/mol. The largest absolute Gasteiger partial charge is 0.466 e. The summed E-state index contributed by atoms with van der Waals surface area (Å²) in [5.74, 6) is 1.45. The molecule has 0 saturated carbocycles. The molecule has 1 unspecified atom stereocenters. The minimum absolute atomic E-state index is 0.000730. The minimum Gasteiger partial charge on any atom is -0.466 e. The summed E-state index contributed by atoms with van der Waals surface area (Å²) >= 11 is 1.92. The maximum absolute atomic E-state index is 13.6. The number of anilines is 2. The summed E-state index contributed by atoms with van der Waals surface area (Å²) in [6.07, 6.45) is 0. The van der Waals surface area contributed by atoms with Crippen molar-refractivity contribution in [2.24, 2.45) is 0 Å². The first-order valence-electron chi connectivity index (χ1n) is 5.96. The molecule has 1 heterocycles. The summed E-state index contributed by atoms with van der Waals surface area (Å²) in [5.41, 5.74) is 8.09. The van der Waals surface area contributed by atoms with Gasteiger partial charge in [-0.05, 0) is 55.5 Å². The van der Waals surface area contributed by atoms with Crippen LogP contribution in [0.25, 0.3) is 0 Å². The van der Waals surface area contributed by atoms with E-state index in [0.717, 1.165) is 17.1 Å². The number of hydrogen-bond donors (Lipinski definition) is 2. The molecular weight excluding hydrogens is 358 g/mol. The Labute approximate surface area is 125 Å². The molecule has 0 aliphatic heterocycles. The Morgan fingerprint density at radius 3 is 2.58 bits per heavy atom. The number of nitrogens with two attached hydrogens (primary N) is 1. The summed E-state index contributed by atoms with van der Waals surface area (Å²) in [6.45, 7) is 5.81. The summed E-state index contributed by atoms with van der Waals surface area (Å²) in [4.78, 5) is 0. The highest BCUT2D eigenvalue weighted by molar-refractivity contribution is 14.1. The lowest BCUT2D eigenvalue weighted by molar-refractivity contribution is 0.500. The van der Waals surface area contributed by atoms with E-state index in [2.05, 4.69) is 5.32 Å². The molecule has 102 valence electrons. The van der Waals surface area contributed by atoms with Crippen LogP contribution in [-0.2, 0) is 0 Å². The summed E-state index contributed by atoms with van der Waals surface area (Å²) in [5, 5.41) is 3.22. The topological polar surface area (TPSA) is 51.2 Å². The zero-order chi connectivity index (χ0) is 14.2. The van der Waals surface area contributed by atoms with Gasteiger partial charge in [-0.3, -0.25) is 0 Å². The van der Waals surface area contributed by atoms with E-state index in [0.29, 0.717) is 14.9 Å². The van der Waals surface area contributed by atoms with E-state index < -0.39 is 0 Å². The fourth-order valence-electron chi connectivity index (χ4n) is 2.08. The molecule has 2 rings (SSSR count). The smallest absolute Gasteiger partial charge is 0.138 e. The first-order chi connectivity index (χ1) is 8.88. The van der Waals surface area contributed by atoms with Gasteiger partial charge in [0, 0.05) is 11.6 Å². The second kappa shape index (κ2) is 5.40. The van der Waals surface area contributed by atoms with Crippen LogP contribution < -0.4 is 11.1 Å². The standard InChI is InChI=1S/C14H16FIN2O/c1-7-4-10(9(3)19-7)8(2)18-14-5-11(15)12(16)6-13(14)17/h4-6,8,18H,17H2,1-3H3. The van der Waals surface area contributed by atoms with Gasteiger partial charge in [-0.15, -0.1) is 0 Å². The lowest BCUT2D eigenvalue weighted by Gasteiger charge is -2.16. The third-order valence-corrected chi connectivity index (χ3v) is 3.84. The quantitative estimate of drug-likeness (QED) is 0.619. The van der Waals surface area contributed by atoms with E-state index in [4.69, 9.17) is 10.2 Å². The van der Waals surface area contributed by atoms with Crippen LogP contribution in [0.2, 0.25) is 0 Å². The van der Waals surface area contributed by atoms with Crippen LogP contribution in [-0.4, -0.2) is 0 Å². The van der Waals surface area contributed by atoms with Crippen LogP contribution in [0.5, 0.6) is 0 Å². The fraction of sp³-hybridized carbons (Fsp3) is 0.286. The molecule has 3 N–H and O–H groups in total. The maximum Gasteiger partial charge on any atom is 0.138 e. The Morgan fingerprint density at radius 2 is 2.00 bits per heavy atom. The van der Waals surface area contributed by atoms with Crippen LogP contribution in [0, 0.1) is 23.2 Å². The highest BCUT2D eigenvalue weighted by Crippen LogP contribution is 2.29. The molecule has 0 saturated heterocycles. The summed E-state index contributed by atoms with van der Waals surface area (Å²) in [6, 6.07) is 5.03. The zero-order valence-electron chi connectivity index (χ0n) is 11.1. The molecule has 3 nitrogen and oxygen atoms in total. The van der Waals surface area contributed by atoms with Crippen molar-refractivity contribution in [2.75, 3.05) is 11.1 Å². The van der Waals surface area contributed by atoms with Crippen molar-refractivity contribution >= 4 is 34.0 Å². The van der Waals surface area contributed by atoms with Crippen LogP contribution in [0.4, 0.5) is 15.8 Å². The summed E-state index contributed by atoms with van der Waals surface area (Å²) < 4.78 is 19.6. The Bertz CT molecular complexity index is 610. The molecule has 19 heavy (non-hydrogen) atoms. The molecule has 2 aromatic rings. The van der Waals surface area contributed by atoms with Crippen LogP contribution >= 0.6 is 22.6 Å². The van der Waals surface area contributed by atoms with Gasteiger partial charge in [0.05, 0.1) is 21.0 Å². The van der Waals surface area contributed by atoms with Gasteiger partial charge >= 0.3 is 0 Å². The van der Waals surface area contributed by atoms with Crippen LogP contribution in [0.15, 0.2) is 22.6 Å². The number of nitrogens with one attached hydrogen (secondary N) is 1. The van der Waals surface area contributed by atoms with Gasteiger partial charge in [-0.1, -0.05) is 0 Å². The van der Waals surface area contributed by atoms with Gasteiger partial charge in [-0.2, -0.15) is 0 Å². The Balaban J connectivity index is 2.26. The van der Waals surface area contributed by atoms with Crippen molar-refractivity contribution in [1.82, 2.24) is 0 Å². The summed E-state index contributed by atoms with van der Waals surface area (Å²) in [7, 11) is 0. The molecular formula is C14H16FIN2O. The SMILES string of the molecule is Cc1cc(C(C)Nc2cc(F)c(I)cc2N)c(C)o1. The van der Waals surface area contributed by atoms with Gasteiger partial charge < -0.3 is 15.5 Å². The number of aryl methyl sites for hydroxylation is 2. The average Bonchev–Trinajstić information content (AvgIpc) is 2.65. The van der Waals surface area contributed by atoms with Crippen LogP contribution in [0.3, 0.4) is 0 Å². The normalized spacial score (nSPS) is 12.5. The Morgan fingerprint density at radius 1 is 1.32 bits per heavy atom. The van der Waals surface area contributed by atoms with Gasteiger partial charge in [0.15, 0.2) is 0 Å². The molecule has 1 atom stereocenters. The van der Waals surface area contributed by atoms with Crippen molar-refractivity contribution in [1.29, 1.82) is 0 Å². The number of furan rings is 1. The predicted octanol–water partition coefficient (Wildman–Crippen LogP) is 4.40. The van der Waals surface area contributed by atoms with Gasteiger partial charge in [0.25, 0.3) is 0 Å². The molecule has 1 aromatic carbocycles. The predicted molar refractivity (Wildman–Crippen MR) is 83.7 cm³/mol. The fourth-order valence-corrected chi connectivity index (χ4v) is 2.57. The van der Waals surface area contributed by atoms with E-state index in [-0.39, 0.29) is 11.9 Å². The zero-order valence-corrected chi connectivity index (χ0v) is 13.2. The third-order valence-electron chi connectivity index (χ3n) is 3.01. The first-order valence-corrected chi connectivity index (χ1v) is 7.04. The number of halogens is 2. The molecule has 0 aliphatic rings. The van der Waals surface area contributed by atoms with E-state index in [9.17, 15) is 4.39 Å². The Kier molecular flexibility index (Phi) is 4.03. The van der Waals surface area contributed by atoms with Gasteiger partial charge in [0.2, 0.25) is 0 Å². The van der Waals surface area contributed by atoms with E-state index in [1.807, 2.05) is 49.4 Å². The number of hydrogen-bond acceptors (Lipinski definition) is 3. The van der Waals surface area contributed by atoms with E-state index in [1.54, 1.807) is 6.07 Å². The second-order valence-electron chi connectivity index (χ2n) is 4.59. The lowest BCUT2D eigenvalue weighted by atomic mass is 10.1. The molecule has 0 radical (unpaired) electrons. The minimum atomic E-state index is -0.274. The van der Waals surface area contributed by atoms with Crippen molar-refractivity contribution in [2.45, 2.75) is 26.8 Å². The average molecular weight is 374 g/mol. The van der Waals surface area contributed by atoms with Gasteiger partial charge in [0.1, 0.15) is 17.3 Å². The van der Waals surface area contributed by atoms with Crippen LogP contribution in [0.1, 0.15) is 30.0 Å². The lowest BCUT2D eigenvalue weighted by Crippen LogP contribution is -2.09. The highest BCUT2D eigenvalue weighted by Gasteiger charge is 2.14. The molecule has 0 fully saturated rings. The first kappa shape index (κ1) is 14.2. The second-order valence-corrected chi connectivity index (χ2v) is 5.75. The number of benzene rings is 1. The Hall–Kier alpha value is -1.24. The van der Waals surface area contributed by atoms with Crippen molar-refractivity contribution in [3.8, 4) is 0 Å². The third kappa shape index (κ3) is 3.02. The van der Waals surface area contributed by atoms with Gasteiger partial charge in [-0.25, -0.2) is 4.39 Å². The van der Waals surface area contributed by atoms with E-state index in [1.165, 1.54) is 6.07 Å². The highest BCUT2D eigenvalue weighted by atomic mass is 127. The molecule has 0 bridgehead atoms. The molecule has 0 spiro atoms. The molecule has 5 heteroatoms. The van der Waals surface area contributed by atoms with Crippen molar-refractivity contribution in [3.63, 3.8) is 0 Å². The molecule has 1 aromatic heterocycles. The van der Waals surface area contributed by atoms with Crippen molar-refractivity contribution in [3.05, 3.63) is 44.7 Å².